The van der Waals surface area contributed by atoms with E-state index >= 15 is 0 Å². The number of fused-ring (bicyclic) bond motifs is 1. The number of carboxylic acids is 1. The van der Waals surface area contributed by atoms with Gasteiger partial charge in [0.05, 0.1) is 23.4 Å². The van der Waals surface area contributed by atoms with Crippen LogP contribution in [0, 0.1) is 6.92 Å². The van der Waals surface area contributed by atoms with E-state index in [1.165, 1.54) is 18.4 Å². The number of hydrogen-bond acceptors (Lipinski definition) is 5. The van der Waals surface area contributed by atoms with E-state index in [1.54, 1.807) is 19.2 Å². The van der Waals surface area contributed by atoms with Gasteiger partial charge in [-0.15, -0.1) is 0 Å². The molecule has 6 heteroatoms. The predicted octanol–water partition coefficient (Wildman–Crippen LogP) is 3.01. The number of furan rings is 1. The van der Waals surface area contributed by atoms with Crippen LogP contribution in [0.3, 0.4) is 0 Å². The fourth-order valence-electron chi connectivity index (χ4n) is 1.89. The molecule has 2 heterocycles. The first-order chi connectivity index (χ1) is 9.63. The van der Waals surface area contributed by atoms with Crippen LogP contribution in [0.5, 0.6) is 5.75 Å². The summed E-state index contributed by atoms with van der Waals surface area (Å²) in [6.45, 7) is 1.91. The number of aromatic carboxylic acids is 1. The number of ether oxygens (including phenoxy) is 1. The average Bonchev–Trinajstić information content (AvgIpc) is 3.04. The van der Waals surface area contributed by atoms with E-state index in [0.717, 1.165) is 0 Å². The van der Waals surface area contributed by atoms with Gasteiger partial charge in [0.15, 0.2) is 6.61 Å². The summed E-state index contributed by atoms with van der Waals surface area (Å²) < 4.78 is 16.1. The molecule has 0 spiro atoms. The molecule has 0 saturated carbocycles. The van der Waals surface area contributed by atoms with Crippen LogP contribution in [0.15, 0.2) is 39.5 Å². The predicted molar refractivity (Wildman–Crippen MR) is 68.7 cm³/mol. The number of hydrogen-bond donors (Lipinski definition) is 1. The summed E-state index contributed by atoms with van der Waals surface area (Å²) in [5.74, 6) is 0.501. The van der Waals surface area contributed by atoms with E-state index in [4.69, 9.17) is 18.7 Å². The molecule has 0 atom stereocenters. The van der Waals surface area contributed by atoms with Crippen molar-refractivity contribution < 1.29 is 23.5 Å². The third-order valence-corrected chi connectivity index (χ3v) is 2.80. The first-order valence-corrected chi connectivity index (χ1v) is 5.92. The van der Waals surface area contributed by atoms with Crippen LogP contribution in [0.25, 0.3) is 11.0 Å². The molecule has 102 valence electrons. The van der Waals surface area contributed by atoms with Crippen LogP contribution < -0.4 is 4.74 Å². The third kappa shape index (κ3) is 2.23. The van der Waals surface area contributed by atoms with E-state index in [0.29, 0.717) is 28.4 Å². The Morgan fingerprint density at radius 2 is 2.30 bits per heavy atom. The highest BCUT2D eigenvalue weighted by Crippen LogP contribution is 2.29. The highest BCUT2D eigenvalue weighted by Gasteiger charge is 2.13. The molecule has 0 radical (unpaired) electrons. The molecule has 0 fully saturated rings. The molecule has 0 aliphatic carbocycles. The summed E-state index contributed by atoms with van der Waals surface area (Å²) >= 11 is 0. The normalized spacial score (nSPS) is 10.8. The second kappa shape index (κ2) is 4.73. The Morgan fingerprint density at radius 3 is 3.00 bits per heavy atom. The van der Waals surface area contributed by atoms with E-state index < -0.39 is 5.97 Å². The van der Waals surface area contributed by atoms with Crippen molar-refractivity contribution in [2.24, 2.45) is 0 Å². The zero-order chi connectivity index (χ0) is 14.1. The maximum absolute atomic E-state index is 11.1. The molecule has 0 saturated heterocycles. The smallest absolute Gasteiger partial charge is 0.335 e. The molecular weight excluding hydrogens is 262 g/mol. The van der Waals surface area contributed by atoms with Gasteiger partial charge >= 0.3 is 5.97 Å². The van der Waals surface area contributed by atoms with Gasteiger partial charge in [0.25, 0.3) is 0 Å². The lowest BCUT2D eigenvalue weighted by Crippen LogP contribution is -2.00. The van der Waals surface area contributed by atoms with Gasteiger partial charge in [-0.1, -0.05) is 0 Å². The number of oxazole rings is 1. The van der Waals surface area contributed by atoms with Gasteiger partial charge < -0.3 is 18.7 Å². The van der Waals surface area contributed by atoms with Crippen LogP contribution in [0.4, 0.5) is 0 Å². The van der Waals surface area contributed by atoms with Gasteiger partial charge in [0, 0.05) is 0 Å². The van der Waals surface area contributed by atoms with Crippen LogP contribution in [-0.4, -0.2) is 16.1 Å². The summed E-state index contributed by atoms with van der Waals surface area (Å²) in [4.78, 5) is 15.1. The summed E-state index contributed by atoms with van der Waals surface area (Å²) in [6, 6.07) is 4.63. The minimum atomic E-state index is -1.04. The fourth-order valence-corrected chi connectivity index (χ4v) is 1.89. The number of nitrogens with zero attached hydrogens (tertiary/aromatic N) is 1. The fraction of sp³-hybridized carbons (Fsp3) is 0.143. The molecule has 6 nitrogen and oxygen atoms in total. The number of rotatable bonds is 4. The van der Waals surface area contributed by atoms with E-state index in [1.807, 2.05) is 0 Å². The number of aryl methyl sites for hydroxylation is 1. The van der Waals surface area contributed by atoms with Crippen LogP contribution in [0.1, 0.15) is 22.0 Å². The molecule has 3 aromatic rings. The highest BCUT2D eigenvalue weighted by molar-refractivity contribution is 5.95. The molecule has 3 rings (SSSR count). The minimum absolute atomic E-state index is 0.103. The number of benzene rings is 1. The average molecular weight is 273 g/mol. The van der Waals surface area contributed by atoms with Crippen molar-refractivity contribution >= 4 is 16.9 Å². The molecule has 0 unspecified atom stereocenters. The maximum Gasteiger partial charge on any atom is 0.335 e. The minimum Gasteiger partial charge on any atom is -0.483 e. The zero-order valence-corrected chi connectivity index (χ0v) is 10.6. The quantitative estimate of drug-likeness (QED) is 0.786. The topological polar surface area (TPSA) is 85.7 Å². The van der Waals surface area contributed by atoms with Gasteiger partial charge in [-0.05, 0) is 25.1 Å². The molecule has 0 bridgehead atoms. The molecule has 1 N–H and O–H groups in total. The van der Waals surface area contributed by atoms with Crippen molar-refractivity contribution in [2.75, 3.05) is 0 Å². The van der Waals surface area contributed by atoms with Crippen molar-refractivity contribution in [2.45, 2.75) is 13.5 Å². The highest BCUT2D eigenvalue weighted by atomic mass is 16.5. The zero-order valence-electron chi connectivity index (χ0n) is 10.6. The summed E-state index contributed by atoms with van der Waals surface area (Å²) in [5, 5.41) is 9.77. The summed E-state index contributed by atoms with van der Waals surface area (Å²) in [5.41, 5.74) is 0.564. The van der Waals surface area contributed by atoms with Crippen molar-refractivity contribution in [1.82, 2.24) is 4.98 Å². The largest absolute Gasteiger partial charge is 0.483 e. The van der Waals surface area contributed by atoms with E-state index in [-0.39, 0.29) is 12.2 Å². The Balaban J connectivity index is 1.93. The molecule has 0 amide bonds. The monoisotopic (exact) mass is 273 g/mol. The Hall–Kier alpha value is -2.76. The Bertz CT molecular complexity index is 771. The second-order valence-electron chi connectivity index (χ2n) is 4.27. The summed E-state index contributed by atoms with van der Waals surface area (Å²) in [7, 11) is 0. The number of carboxylic acid groups (broad SMARTS) is 1. The first kappa shape index (κ1) is 12.3. The maximum atomic E-state index is 11.1. The van der Waals surface area contributed by atoms with Gasteiger partial charge in [-0.25, -0.2) is 9.78 Å². The molecular formula is C14H11NO5. The Labute approximate surface area is 113 Å². The number of aromatic nitrogens is 1. The van der Waals surface area contributed by atoms with Crippen LogP contribution in [-0.2, 0) is 6.61 Å². The van der Waals surface area contributed by atoms with Crippen LogP contribution >= 0.6 is 0 Å². The van der Waals surface area contributed by atoms with Gasteiger partial charge in [-0.2, -0.15) is 0 Å². The van der Waals surface area contributed by atoms with Gasteiger partial charge in [0.1, 0.15) is 17.1 Å². The Morgan fingerprint density at radius 1 is 1.45 bits per heavy atom. The molecule has 20 heavy (non-hydrogen) atoms. The molecule has 1 aromatic carbocycles. The van der Waals surface area contributed by atoms with E-state index in [2.05, 4.69) is 4.98 Å². The standard InChI is InChI=1S/C14H11NO5/c1-8-6-15-13(20-8)7-19-12-5-9(14(16)17)4-11-10(12)2-3-18-11/h2-6H,7H2,1H3,(H,16,17). The van der Waals surface area contributed by atoms with Crippen molar-refractivity contribution in [3.8, 4) is 5.75 Å². The van der Waals surface area contributed by atoms with Gasteiger partial charge in [-0.3, -0.25) is 0 Å². The lowest BCUT2D eigenvalue weighted by atomic mass is 10.1. The van der Waals surface area contributed by atoms with Crippen molar-refractivity contribution in [3.63, 3.8) is 0 Å². The van der Waals surface area contributed by atoms with E-state index in [9.17, 15) is 4.79 Å². The first-order valence-electron chi connectivity index (χ1n) is 5.92. The lowest BCUT2D eigenvalue weighted by Gasteiger charge is -2.06. The van der Waals surface area contributed by atoms with Gasteiger partial charge in [0.2, 0.25) is 5.89 Å². The lowest BCUT2D eigenvalue weighted by molar-refractivity contribution is 0.0696. The second-order valence-corrected chi connectivity index (χ2v) is 4.27. The number of carbonyl (C=O) groups is 1. The molecule has 2 aromatic heterocycles. The molecule has 0 aliphatic rings. The summed E-state index contributed by atoms with van der Waals surface area (Å²) in [6.07, 6.45) is 3.08. The molecule has 0 aliphatic heterocycles. The van der Waals surface area contributed by atoms with Crippen molar-refractivity contribution in [3.05, 3.63) is 47.9 Å². The Kier molecular flexibility index (Phi) is 2.90. The van der Waals surface area contributed by atoms with Crippen LogP contribution in [0.2, 0.25) is 0 Å². The SMILES string of the molecule is Cc1cnc(COc2cc(C(=O)O)cc3occc23)o1. The third-order valence-electron chi connectivity index (χ3n) is 2.80. The van der Waals surface area contributed by atoms with Crippen molar-refractivity contribution in [1.29, 1.82) is 0 Å².